The van der Waals surface area contributed by atoms with Crippen LogP contribution in [0.5, 0.6) is 5.75 Å². The van der Waals surface area contributed by atoms with Crippen molar-refractivity contribution < 1.29 is 43.0 Å². The number of rotatable bonds is 9. The van der Waals surface area contributed by atoms with Gasteiger partial charge in [-0.25, -0.2) is 4.79 Å². The first-order chi connectivity index (χ1) is 21.9. The first-order valence-electron chi connectivity index (χ1n) is 15.7. The van der Waals surface area contributed by atoms with Crippen LogP contribution in [0.4, 0.5) is 10.5 Å². The number of hydrogen-bond acceptors (Lipinski definition) is 10. The van der Waals surface area contributed by atoms with Crippen molar-refractivity contribution in [1.82, 2.24) is 26.6 Å². The Morgan fingerprint density at radius 3 is 2.19 bits per heavy atom. The van der Waals surface area contributed by atoms with Crippen molar-refractivity contribution in [3.63, 3.8) is 0 Å². The molecule has 3 atom stereocenters. The van der Waals surface area contributed by atoms with Gasteiger partial charge in [0, 0.05) is 32.1 Å². The number of fused-ring (bicyclic) bond motifs is 1. The van der Waals surface area contributed by atoms with E-state index in [0.717, 1.165) is 0 Å². The quantitative estimate of drug-likeness (QED) is 0.128. The highest BCUT2D eigenvalue weighted by Gasteiger charge is 2.31. The van der Waals surface area contributed by atoms with Crippen LogP contribution in [0.1, 0.15) is 90.4 Å². The summed E-state index contributed by atoms with van der Waals surface area (Å²) in [6, 6.07) is 1.03. The van der Waals surface area contributed by atoms with E-state index in [2.05, 4.69) is 26.6 Å². The molecule has 0 saturated heterocycles. The second-order valence-corrected chi connectivity index (χ2v) is 13.2. The van der Waals surface area contributed by atoms with Crippen LogP contribution in [0, 0.1) is 0 Å². The van der Waals surface area contributed by atoms with Gasteiger partial charge in [-0.3, -0.25) is 24.0 Å². The summed E-state index contributed by atoms with van der Waals surface area (Å²) in [5.41, 5.74) is 4.84. The fourth-order valence-electron chi connectivity index (χ4n) is 4.53. The zero-order valence-corrected chi connectivity index (χ0v) is 28.4. The summed E-state index contributed by atoms with van der Waals surface area (Å²) in [6.07, 6.45) is 0.101. The maximum Gasteiger partial charge on any atom is 0.407 e. The third-order valence-corrected chi connectivity index (χ3v) is 6.69. The number of alkyl carbamates (subject to hydrolysis) is 1. The predicted octanol–water partition coefficient (Wildman–Crippen LogP) is 1.68. The molecule has 0 bridgehead atoms. The highest BCUT2D eigenvalue weighted by Crippen LogP contribution is 2.23. The van der Waals surface area contributed by atoms with E-state index in [9.17, 15) is 28.8 Å². The van der Waals surface area contributed by atoms with Gasteiger partial charge >= 0.3 is 12.1 Å². The SMILES string of the molecule is CNC(=O)C1CCOc2ccc(N)cc2C(=O)N[C@@H](CCC(=O)OC(C)(C)C)C(=O)N[C@@H](CCCCNC(=O)OC(C)(C)C)C(=O)N1. The van der Waals surface area contributed by atoms with E-state index in [1.807, 2.05) is 0 Å². The number of nitrogens with one attached hydrogen (secondary N) is 5. The van der Waals surface area contributed by atoms with Gasteiger partial charge in [-0.05, 0) is 85.4 Å². The number of nitrogen functional groups attached to an aromatic ring is 1. The molecule has 1 unspecified atom stereocenters. The van der Waals surface area contributed by atoms with Gasteiger partial charge in [-0.2, -0.15) is 0 Å². The van der Waals surface area contributed by atoms with Gasteiger partial charge in [0.15, 0.2) is 0 Å². The smallest absolute Gasteiger partial charge is 0.407 e. The Labute approximate surface area is 275 Å². The van der Waals surface area contributed by atoms with Crippen LogP contribution >= 0.6 is 0 Å². The molecule has 0 radical (unpaired) electrons. The molecule has 262 valence electrons. The number of benzene rings is 1. The van der Waals surface area contributed by atoms with E-state index in [4.69, 9.17) is 19.9 Å². The van der Waals surface area contributed by atoms with Gasteiger partial charge in [-0.15, -0.1) is 0 Å². The number of nitrogens with two attached hydrogens (primary N) is 1. The van der Waals surface area contributed by atoms with Crippen molar-refractivity contribution in [3.8, 4) is 5.75 Å². The molecule has 1 aromatic rings. The van der Waals surface area contributed by atoms with Crippen molar-refractivity contribution in [2.75, 3.05) is 25.9 Å². The highest BCUT2D eigenvalue weighted by atomic mass is 16.6. The van der Waals surface area contributed by atoms with E-state index < -0.39 is 65.0 Å². The largest absolute Gasteiger partial charge is 0.493 e. The van der Waals surface area contributed by atoms with Crippen molar-refractivity contribution in [2.24, 2.45) is 0 Å². The van der Waals surface area contributed by atoms with Crippen LogP contribution in [-0.4, -0.2) is 85.2 Å². The molecule has 0 saturated carbocycles. The normalized spacial score (nSPS) is 19.4. The monoisotopic (exact) mass is 662 g/mol. The fourth-order valence-corrected chi connectivity index (χ4v) is 4.53. The van der Waals surface area contributed by atoms with Crippen LogP contribution < -0.4 is 37.1 Å². The second-order valence-electron chi connectivity index (χ2n) is 13.2. The van der Waals surface area contributed by atoms with Crippen LogP contribution in [0.2, 0.25) is 0 Å². The van der Waals surface area contributed by atoms with Crippen LogP contribution in [0.25, 0.3) is 0 Å². The number of esters is 1. The lowest BCUT2D eigenvalue weighted by molar-refractivity contribution is -0.155. The van der Waals surface area contributed by atoms with Gasteiger partial charge < -0.3 is 46.5 Å². The summed E-state index contributed by atoms with van der Waals surface area (Å²) in [7, 11) is 1.43. The van der Waals surface area contributed by atoms with Crippen LogP contribution in [-0.2, 0) is 28.7 Å². The Hall–Kier alpha value is -4.56. The summed E-state index contributed by atoms with van der Waals surface area (Å²) in [6.45, 7) is 10.6. The van der Waals surface area contributed by atoms with E-state index in [0.29, 0.717) is 12.8 Å². The van der Waals surface area contributed by atoms with Gasteiger partial charge in [0.1, 0.15) is 35.1 Å². The Morgan fingerprint density at radius 2 is 1.55 bits per heavy atom. The summed E-state index contributed by atoms with van der Waals surface area (Å²) in [5, 5.41) is 13.2. The van der Waals surface area contributed by atoms with Crippen molar-refractivity contribution in [1.29, 1.82) is 0 Å². The predicted molar refractivity (Wildman–Crippen MR) is 173 cm³/mol. The molecule has 1 aliphatic heterocycles. The highest BCUT2D eigenvalue weighted by molar-refractivity contribution is 6.01. The minimum atomic E-state index is -1.26. The number of carbonyl (C=O) groups is 6. The number of amides is 5. The molecule has 1 aromatic carbocycles. The average Bonchev–Trinajstić information content (AvgIpc) is 2.95. The third kappa shape index (κ3) is 14.2. The zero-order valence-electron chi connectivity index (χ0n) is 28.4. The number of ether oxygens (including phenoxy) is 3. The minimum absolute atomic E-state index is 0.0437. The molecular formula is C32H50N6O9. The summed E-state index contributed by atoms with van der Waals surface area (Å²) < 4.78 is 16.4. The Morgan fingerprint density at radius 1 is 0.915 bits per heavy atom. The van der Waals surface area contributed by atoms with Crippen LogP contribution in [0.3, 0.4) is 0 Å². The van der Waals surface area contributed by atoms with Gasteiger partial charge in [0.2, 0.25) is 17.7 Å². The molecule has 0 fully saturated rings. The van der Waals surface area contributed by atoms with Crippen molar-refractivity contribution >= 4 is 41.4 Å². The number of carbonyl (C=O) groups excluding carboxylic acids is 6. The molecule has 5 amide bonds. The van der Waals surface area contributed by atoms with E-state index in [-0.39, 0.29) is 55.8 Å². The second kappa shape index (κ2) is 17.4. The van der Waals surface area contributed by atoms with E-state index >= 15 is 0 Å². The lowest BCUT2D eigenvalue weighted by Crippen LogP contribution is -2.57. The third-order valence-electron chi connectivity index (χ3n) is 6.69. The minimum Gasteiger partial charge on any atom is -0.493 e. The van der Waals surface area contributed by atoms with Crippen molar-refractivity contribution in [2.45, 2.75) is 109 Å². The fraction of sp³-hybridized carbons (Fsp3) is 0.625. The molecule has 0 aliphatic carbocycles. The number of anilines is 1. The Bertz CT molecular complexity index is 1290. The summed E-state index contributed by atoms with van der Waals surface area (Å²) >= 11 is 0. The maximum absolute atomic E-state index is 13.7. The molecule has 1 aliphatic rings. The van der Waals surface area contributed by atoms with Gasteiger partial charge in [-0.1, -0.05) is 0 Å². The number of unbranched alkanes of at least 4 members (excludes halogenated alkanes) is 1. The average molecular weight is 663 g/mol. The lowest BCUT2D eigenvalue weighted by atomic mass is 10.0. The first-order valence-corrected chi connectivity index (χ1v) is 15.7. The molecule has 15 nitrogen and oxygen atoms in total. The molecule has 7 N–H and O–H groups in total. The summed E-state index contributed by atoms with van der Waals surface area (Å²) in [5.74, 6) is -2.95. The molecule has 15 heteroatoms. The molecular weight excluding hydrogens is 612 g/mol. The maximum atomic E-state index is 13.7. The number of hydrogen-bond donors (Lipinski definition) is 6. The molecule has 0 aromatic heterocycles. The molecule has 2 rings (SSSR count). The molecule has 1 heterocycles. The van der Waals surface area contributed by atoms with Crippen LogP contribution in [0.15, 0.2) is 18.2 Å². The Balaban J connectivity index is 2.34. The zero-order chi connectivity index (χ0) is 35.4. The first kappa shape index (κ1) is 38.6. The van der Waals surface area contributed by atoms with E-state index in [1.165, 1.54) is 25.2 Å². The standard InChI is InChI=1S/C32H50N6O9/c1-31(2,3)46-25(39)14-12-22-29(43)37-21(10-8-9-16-35-30(44)47-32(4,5)6)28(42)38-23(27(41)34-7)15-17-45-24-13-11-19(33)18-20(24)26(40)36-22/h11,13,18,21-23H,8-10,12,14-17,33H2,1-7H3,(H,34,41)(H,35,44)(H,36,40)(H,37,43)(H,38,42)/t21-,22-,23?/m0/s1. The van der Waals surface area contributed by atoms with Gasteiger partial charge in [0.25, 0.3) is 5.91 Å². The Kier molecular flexibility index (Phi) is 14.3. The van der Waals surface area contributed by atoms with Gasteiger partial charge in [0.05, 0.1) is 12.2 Å². The number of likely N-dealkylation sites (N-methyl/N-ethyl adjacent to an activating group) is 1. The molecule has 47 heavy (non-hydrogen) atoms. The van der Waals surface area contributed by atoms with Crippen molar-refractivity contribution in [3.05, 3.63) is 23.8 Å². The lowest BCUT2D eigenvalue weighted by Gasteiger charge is -2.26. The molecule has 0 spiro atoms. The summed E-state index contributed by atoms with van der Waals surface area (Å²) in [4.78, 5) is 77.8. The van der Waals surface area contributed by atoms with E-state index in [1.54, 1.807) is 41.5 Å². The topological polar surface area (TPSA) is 216 Å².